The lowest BCUT2D eigenvalue weighted by Gasteiger charge is -2.26. The van der Waals surface area contributed by atoms with Crippen LogP contribution in [0.3, 0.4) is 0 Å². The number of benzene rings is 1. The first-order chi connectivity index (χ1) is 11.0. The fourth-order valence-electron chi connectivity index (χ4n) is 2.74. The summed E-state index contributed by atoms with van der Waals surface area (Å²) in [5.41, 5.74) is 0.867. The van der Waals surface area contributed by atoms with Gasteiger partial charge < -0.3 is 9.69 Å². The Kier molecular flexibility index (Phi) is 5.90. The van der Waals surface area contributed by atoms with Gasteiger partial charge >= 0.3 is 0 Å². The fourth-order valence-corrected chi connectivity index (χ4v) is 3.52. The molecule has 0 aliphatic carbocycles. The van der Waals surface area contributed by atoms with E-state index >= 15 is 0 Å². The van der Waals surface area contributed by atoms with Crippen LogP contribution in [0, 0.1) is 0 Å². The second-order valence-corrected chi connectivity index (χ2v) is 7.68. The molecule has 2 rings (SSSR count). The van der Waals surface area contributed by atoms with E-state index in [1.165, 1.54) is 11.8 Å². The molecule has 126 valence electrons. The monoisotopic (exact) mass is 338 g/mol. The van der Waals surface area contributed by atoms with Gasteiger partial charge in [-0.2, -0.15) is 0 Å². The van der Waals surface area contributed by atoms with E-state index in [1.807, 2.05) is 30.3 Å². The van der Waals surface area contributed by atoms with Gasteiger partial charge in [0.25, 0.3) is 0 Å². The number of rotatable bonds is 7. The highest BCUT2D eigenvalue weighted by atomic mass is 32.2. The van der Waals surface area contributed by atoms with Crippen molar-refractivity contribution in [3.05, 3.63) is 35.9 Å². The smallest absolute Gasteiger partial charge is 0.241 e. The number of amides is 1. The minimum absolute atomic E-state index is 0.0946. The first-order valence-corrected chi connectivity index (χ1v) is 9.41. The molecule has 1 heterocycles. The van der Waals surface area contributed by atoms with Crippen LogP contribution in [0.1, 0.15) is 25.3 Å². The average Bonchev–Trinajstić information content (AvgIpc) is 3.03. The van der Waals surface area contributed by atoms with Crippen molar-refractivity contribution < 1.29 is 18.0 Å². The van der Waals surface area contributed by atoms with Crippen molar-refractivity contribution in [3.63, 3.8) is 0 Å². The molecule has 1 amide bonds. The van der Waals surface area contributed by atoms with E-state index in [9.17, 15) is 18.0 Å². The van der Waals surface area contributed by atoms with E-state index in [0.29, 0.717) is 13.0 Å². The van der Waals surface area contributed by atoms with Gasteiger partial charge in [-0.25, -0.2) is 13.1 Å². The third-order valence-electron chi connectivity index (χ3n) is 4.02. The Bertz CT molecular complexity index is 645. The van der Waals surface area contributed by atoms with Crippen LogP contribution in [-0.4, -0.2) is 49.9 Å². The van der Waals surface area contributed by atoms with Gasteiger partial charge in [0.05, 0.1) is 11.8 Å². The first-order valence-electron chi connectivity index (χ1n) is 7.76. The average molecular weight is 338 g/mol. The standard InChI is InChI=1S/C16H22N2O4S/c1-2-23(21,22)17-15(11-13-7-4-3-5-8-13)16(20)18-10-6-9-14(18)12-19/h3-5,7-8,12,14-15,17H,2,6,9-11H2,1H3/t14-,15+/m0/s1. The molecule has 1 aliphatic rings. The molecule has 1 aromatic carbocycles. The molecule has 1 fully saturated rings. The Balaban J connectivity index is 2.21. The SMILES string of the molecule is CCS(=O)(=O)N[C@H](Cc1ccccc1)C(=O)N1CCC[C@H]1C=O. The molecule has 0 spiro atoms. The van der Waals surface area contributed by atoms with Gasteiger partial charge in [0.15, 0.2) is 0 Å². The predicted octanol–water partition coefficient (Wildman–Crippen LogP) is 0.727. The number of hydrogen-bond donors (Lipinski definition) is 1. The van der Waals surface area contributed by atoms with E-state index in [2.05, 4.69) is 4.72 Å². The van der Waals surface area contributed by atoms with Crippen LogP contribution in [0.25, 0.3) is 0 Å². The summed E-state index contributed by atoms with van der Waals surface area (Å²) in [6.45, 7) is 2.01. The molecule has 0 bridgehead atoms. The molecule has 0 aromatic heterocycles. The lowest BCUT2D eigenvalue weighted by molar-refractivity contribution is -0.136. The topological polar surface area (TPSA) is 83.6 Å². The minimum Gasteiger partial charge on any atom is -0.332 e. The number of likely N-dealkylation sites (tertiary alicyclic amines) is 1. The molecule has 23 heavy (non-hydrogen) atoms. The maximum atomic E-state index is 12.8. The molecule has 7 heteroatoms. The van der Waals surface area contributed by atoms with Crippen LogP contribution in [-0.2, 0) is 26.0 Å². The largest absolute Gasteiger partial charge is 0.332 e. The molecule has 1 N–H and O–H groups in total. The van der Waals surface area contributed by atoms with Crippen LogP contribution in [0.2, 0.25) is 0 Å². The first kappa shape index (κ1) is 17.6. The predicted molar refractivity (Wildman–Crippen MR) is 87.3 cm³/mol. The summed E-state index contributed by atoms with van der Waals surface area (Å²) >= 11 is 0. The van der Waals surface area contributed by atoms with Crippen molar-refractivity contribution in [2.45, 2.75) is 38.3 Å². The fraction of sp³-hybridized carbons (Fsp3) is 0.500. The van der Waals surface area contributed by atoms with Gasteiger partial charge in [-0.05, 0) is 31.7 Å². The van der Waals surface area contributed by atoms with Crippen LogP contribution in [0.15, 0.2) is 30.3 Å². The highest BCUT2D eigenvalue weighted by Gasteiger charge is 2.34. The summed E-state index contributed by atoms with van der Waals surface area (Å²) in [6, 6.07) is 7.91. The van der Waals surface area contributed by atoms with Gasteiger partial charge in [-0.3, -0.25) is 4.79 Å². The normalized spacial score (nSPS) is 19.5. The second kappa shape index (κ2) is 7.70. The Morgan fingerprint density at radius 1 is 1.39 bits per heavy atom. The van der Waals surface area contributed by atoms with Gasteiger partial charge in [-0.15, -0.1) is 0 Å². The number of hydrogen-bond acceptors (Lipinski definition) is 4. The number of sulfonamides is 1. The highest BCUT2D eigenvalue weighted by molar-refractivity contribution is 7.89. The van der Waals surface area contributed by atoms with Crippen LogP contribution in [0.4, 0.5) is 0 Å². The van der Waals surface area contributed by atoms with Crippen LogP contribution >= 0.6 is 0 Å². The molecular formula is C16H22N2O4S. The van der Waals surface area contributed by atoms with E-state index in [1.54, 1.807) is 0 Å². The molecule has 0 radical (unpaired) electrons. The van der Waals surface area contributed by atoms with Gasteiger partial charge in [-0.1, -0.05) is 30.3 Å². The minimum atomic E-state index is -3.52. The van der Waals surface area contributed by atoms with Crippen molar-refractivity contribution >= 4 is 22.2 Å². The van der Waals surface area contributed by atoms with Crippen molar-refractivity contribution in [1.82, 2.24) is 9.62 Å². The Labute approximate surface area is 136 Å². The molecule has 1 saturated heterocycles. The van der Waals surface area contributed by atoms with Crippen molar-refractivity contribution in [2.75, 3.05) is 12.3 Å². The Hall–Kier alpha value is -1.73. The zero-order chi connectivity index (χ0) is 16.9. The summed E-state index contributed by atoms with van der Waals surface area (Å²) in [4.78, 5) is 25.3. The van der Waals surface area contributed by atoms with Gasteiger partial charge in [0, 0.05) is 6.54 Å². The number of carbonyl (C=O) groups is 2. The van der Waals surface area contributed by atoms with E-state index in [4.69, 9.17) is 0 Å². The number of aldehydes is 1. The third kappa shape index (κ3) is 4.62. The molecular weight excluding hydrogens is 316 g/mol. The summed E-state index contributed by atoms with van der Waals surface area (Å²) < 4.78 is 26.3. The van der Waals surface area contributed by atoms with Crippen molar-refractivity contribution in [3.8, 4) is 0 Å². The van der Waals surface area contributed by atoms with Crippen LogP contribution in [0.5, 0.6) is 0 Å². The molecule has 2 atom stereocenters. The van der Waals surface area contributed by atoms with Gasteiger partial charge in [0.1, 0.15) is 12.3 Å². The number of nitrogens with one attached hydrogen (secondary N) is 1. The maximum Gasteiger partial charge on any atom is 0.241 e. The maximum absolute atomic E-state index is 12.8. The molecule has 1 aliphatic heterocycles. The molecule has 6 nitrogen and oxygen atoms in total. The van der Waals surface area contributed by atoms with E-state index < -0.39 is 22.1 Å². The summed E-state index contributed by atoms with van der Waals surface area (Å²) in [7, 11) is -3.52. The highest BCUT2D eigenvalue weighted by Crippen LogP contribution is 2.18. The van der Waals surface area contributed by atoms with E-state index in [-0.39, 0.29) is 18.1 Å². The molecule has 0 saturated carbocycles. The summed E-state index contributed by atoms with van der Waals surface area (Å²) in [5.74, 6) is -0.427. The number of carbonyl (C=O) groups excluding carboxylic acids is 2. The lowest BCUT2D eigenvalue weighted by atomic mass is 10.1. The number of nitrogens with zero attached hydrogens (tertiary/aromatic N) is 1. The Morgan fingerprint density at radius 3 is 2.70 bits per heavy atom. The lowest BCUT2D eigenvalue weighted by Crippen LogP contribution is -2.51. The quantitative estimate of drug-likeness (QED) is 0.743. The van der Waals surface area contributed by atoms with E-state index in [0.717, 1.165) is 18.3 Å². The van der Waals surface area contributed by atoms with Crippen LogP contribution < -0.4 is 4.72 Å². The third-order valence-corrected chi connectivity index (χ3v) is 5.43. The zero-order valence-corrected chi connectivity index (χ0v) is 14.0. The molecule has 0 unspecified atom stereocenters. The Morgan fingerprint density at radius 2 is 2.09 bits per heavy atom. The molecule has 1 aromatic rings. The van der Waals surface area contributed by atoms with Crippen molar-refractivity contribution in [1.29, 1.82) is 0 Å². The zero-order valence-electron chi connectivity index (χ0n) is 13.1. The van der Waals surface area contributed by atoms with Gasteiger partial charge in [0.2, 0.25) is 15.9 Å². The summed E-state index contributed by atoms with van der Waals surface area (Å²) in [5, 5.41) is 0. The second-order valence-electron chi connectivity index (χ2n) is 5.64. The summed E-state index contributed by atoms with van der Waals surface area (Å²) in [6.07, 6.45) is 2.42. The van der Waals surface area contributed by atoms with Crippen molar-refractivity contribution in [2.24, 2.45) is 0 Å².